The van der Waals surface area contributed by atoms with Crippen LogP contribution in [0.4, 0.5) is 4.39 Å². The number of rotatable bonds is 7. The molecule has 0 saturated heterocycles. The van der Waals surface area contributed by atoms with E-state index in [2.05, 4.69) is 34.4 Å². The molecule has 1 unspecified atom stereocenters. The highest BCUT2D eigenvalue weighted by Gasteiger charge is 2.11. The summed E-state index contributed by atoms with van der Waals surface area (Å²) in [6, 6.07) is 5.28. The maximum absolute atomic E-state index is 13.2. The second-order valence-electron chi connectivity index (χ2n) is 4.05. The van der Waals surface area contributed by atoms with Crippen molar-refractivity contribution >= 4 is 27.7 Å². The van der Waals surface area contributed by atoms with Gasteiger partial charge in [-0.25, -0.2) is 4.39 Å². The van der Waals surface area contributed by atoms with Gasteiger partial charge in [0, 0.05) is 16.3 Å². The summed E-state index contributed by atoms with van der Waals surface area (Å²) in [5.41, 5.74) is 1.03. The van der Waals surface area contributed by atoms with Gasteiger partial charge in [0.15, 0.2) is 0 Å². The Morgan fingerprint density at radius 3 is 2.88 bits per heavy atom. The Morgan fingerprint density at radius 1 is 1.47 bits per heavy atom. The topological polar surface area (TPSA) is 12.0 Å². The van der Waals surface area contributed by atoms with E-state index in [-0.39, 0.29) is 5.82 Å². The molecular formula is C13H19BrFNS. The Labute approximate surface area is 116 Å². The number of thioether (sulfide) groups is 1. The highest BCUT2D eigenvalue weighted by atomic mass is 79.9. The van der Waals surface area contributed by atoms with Crippen LogP contribution in [0.15, 0.2) is 22.7 Å². The molecule has 1 atom stereocenters. The van der Waals surface area contributed by atoms with Crippen LogP contribution in [0.1, 0.15) is 18.9 Å². The molecule has 96 valence electrons. The van der Waals surface area contributed by atoms with Gasteiger partial charge >= 0.3 is 0 Å². The van der Waals surface area contributed by atoms with Crippen molar-refractivity contribution in [3.63, 3.8) is 0 Å². The largest absolute Gasteiger partial charge is 0.313 e. The van der Waals surface area contributed by atoms with Crippen LogP contribution in [0.2, 0.25) is 0 Å². The van der Waals surface area contributed by atoms with Crippen LogP contribution in [0.5, 0.6) is 0 Å². The lowest BCUT2D eigenvalue weighted by Crippen LogP contribution is -2.34. The summed E-state index contributed by atoms with van der Waals surface area (Å²) >= 11 is 5.29. The number of benzene rings is 1. The van der Waals surface area contributed by atoms with Gasteiger partial charge < -0.3 is 5.32 Å². The highest BCUT2D eigenvalue weighted by molar-refractivity contribution is 9.10. The Bertz CT molecular complexity index is 346. The van der Waals surface area contributed by atoms with Crippen molar-refractivity contribution in [1.29, 1.82) is 0 Å². The smallest absolute Gasteiger partial charge is 0.123 e. The first-order valence-corrected chi connectivity index (χ1v) is 8.02. The van der Waals surface area contributed by atoms with Gasteiger partial charge in [0.1, 0.15) is 5.82 Å². The minimum absolute atomic E-state index is 0.165. The number of hydrogen-bond acceptors (Lipinski definition) is 2. The summed E-state index contributed by atoms with van der Waals surface area (Å²) in [6.45, 7) is 3.17. The van der Waals surface area contributed by atoms with E-state index in [9.17, 15) is 4.39 Å². The summed E-state index contributed by atoms with van der Waals surface area (Å²) in [4.78, 5) is 0. The van der Waals surface area contributed by atoms with Crippen LogP contribution < -0.4 is 5.32 Å². The number of halogens is 2. The standard InChI is InChI=1S/C13H19BrFNS/c1-3-6-16-12(9-17-2)8-10-7-11(15)4-5-13(10)14/h4-5,7,12,16H,3,6,8-9H2,1-2H3. The fourth-order valence-corrected chi connectivity index (χ4v) is 2.75. The molecule has 0 heterocycles. The average Bonchev–Trinajstić information content (AvgIpc) is 2.31. The van der Waals surface area contributed by atoms with Crippen molar-refractivity contribution in [2.24, 2.45) is 0 Å². The van der Waals surface area contributed by atoms with E-state index in [4.69, 9.17) is 0 Å². The summed E-state index contributed by atoms with van der Waals surface area (Å²) in [5.74, 6) is 0.879. The molecule has 0 aromatic heterocycles. The lowest BCUT2D eigenvalue weighted by molar-refractivity contribution is 0.547. The molecule has 0 saturated carbocycles. The first-order chi connectivity index (χ1) is 8.17. The van der Waals surface area contributed by atoms with E-state index in [1.54, 1.807) is 12.1 Å². The van der Waals surface area contributed by atoms with E-state index < -0.39 is 0 Å². The summed E-state index contributed by atoms with van der Waals surface area (Å²) in [6.07, 6.45) is 4.08. The van der Waals surface area contributed by atoms with Crippen LogP contribution in [0, 0.1) is 5.82 Å². The lowest BCUT2D eigenvalue weighted by atomic mass is 10.1. The SMILES string of the molecule is CCCNC(CSC)Cc1cc(F)ccc1Br. The normalized spacial score (nSPS) is 12.7. The Morgan fingerprint density at radius 2 is 2.24 bits per heavy atom. The fourth-order valence-electron chi connectivity index (χ4n) is 1.70. The Balaban J connectivity index is 2.67. The third-order valence-corrected chi connectivity index (χ3v) is 4.03. The van der Waals surface area contributed by atoms with E-state index in [1.807, 2.05) is 11.8 Å². The van der Waals surface area contributed by atoms with Crippen molar-refractivity contribution < 1.29 is 4.39 Å². The molecule has 1 rings (SSSR count). The second kappa shape index (κ2) is 8.11. The van der Waals surface area contributed by atoms with Crippen molar-refractivity contribution in [1.82, 2.24) is 5.32 Å². The van der Waals surface area contributed by atoms with Crippen LogP contribution in [-0.4, -0.2) is 24.6 Å². The molecule has 1 aromatic carbocycles. The predicted molar refractivity (Wildman–Crippen MR) is 78.3 cm³/mol. The van der Waals surface area contributed by atoms with Gasteiger partial charge in [-0.15, -0.1) is 0 Å². The molecule has 0 radical (unpaired) electrons. The van der Waals surface area contributed by atoms with E-state index in [0.29, 0.717) is 6.04 Å². The third-order valence-electron chi connectivity index (χ3n) is 2.52. The number of hydrogen-bond donors (Lipinski definition) is 1. The minimum Gasteiger partial charge on any atom is -0.313 e. The molecule has 0 aliphatic heterocycles. The molecule has 0 fully saturated rings. The quantitative estimate of drug-likeness (QED) is 0.819. The summed E-state index contributed by atoms with van der Waals surface area (Å²) < 4.78 is 14.2. The van der Waals surface area contributed by atoms with Crippen LogP contribution in [0.25, 0.3) is 0 Å². The molecule has 0 bridgehead atoms. The number of nitrogens with one attached hydrogen (secondary N) is 1. The monoisotopic (exact) mass is 319 g/mol. The van der Waals surface area contributed by atoms with E-state index in [0.717, 1.165) is 35.2 Å². The van der Waals surface area contributed by atoms with Gasteiger partial charge in [0.25, 0.3) is 0 Å². The van der Waals surface area contributed by atoms with Crippen molar-refractivity contribution in [3.8, 4) is 0 Å². The molecule has 0 aliphatic carbocycles. The fraction of sp³-hybridized carbons (Fsp3) is 0.538. The van der Waals surface area contributed by atoms with Gasteiger partial charge in [-0.1, -0.05) is 22.9 Å². The maximum Gasteiger partial charge on any atom is 0.123 e. The van der Waals surface area contributed by atoms with Crippen LogP contribution in [0.3, 0.4) is 0 Å². The first kappa shape index (κ1) is 15.0. The van der Waals surface area contributed by atoms with Gasteiger partial charge in [0.2, 0.25) is 0 Å². The zero-order valence-corrected chi connectivity index (χ0v) is 12.7. The van der Waals surface area contributed by atoms with Crippen molar-refractivity contribution in [2.75, 3.05) is 18.6 Å². The molecular weight excluding hydrogens is 301 g/mol. The van der Waals surface area contributed by atoms with Gasteiger partial charge in [-0.2, -0.15) is 11.8 Å². The second-order valence-corrected chi connectivity index (χ2v) is 5.81. The molecule has 0 spiro atoms. The van der Waals surface area contributed by atoms with E-state index in [1.165, 1.54) is 6.07 Å². The maximum atomic E-state index is 13.2. The molecule has 1 aromatic rings. The molecule has 1 nitrogen and oxygen atoms in total. The van der Waals surface area contributed by atoms with Gasteiger partial charge in [-0.05, 0) is 49.4 Å². The third kappa shape index (κ3) is 5.40. The van der Waals surface area contributed by atoms with Crippen LogP contribution in [-0.2, 0) is 6.42 Å². The van der Waals surface area contributed by atoms with Gasteiger partial charge in [0.05, 0.1) is 0 Å². The zero-order chi connectivity index (χ0) is 12.7. The molecule has 17 heavy (non-hydrogen) atoms. The minimum atomic E-state index is -0.165. The molecule has 0 aliphatic rings. The lowest BCUT2D eigenvalue weighted by Gasteiger charge is -2.18. The predicted octanol–water partition coefficient (Wildman–Crippen LogP) is 3.86. The summed E-state index contributed by atoms with van der Waals surface area (Å²) in [7, 11) is 0. The van der Waals surface area contributed by atoms with Crippen molar-refractivity contribution in [2.45, 2.75) is 25.8 Å². The molecule has 4 heteroatoms. The summed E-state index contributed by atoms with van der Waals surface area (Å²) in [5, 5.41) is 3.50. The van der Waals surface area contributed by atoms with Gasteiger partial charge in [-0.3, -0.25) is 0 Å². The van der Waals surface area contributed by atoms with E-state index >= 15 is 0 Å². The highest BCUT2D eigenvalue weighted by Crippen LogP contribution is 2.20. The van der Waals surface area contributed by atoms with Crippen LogP contribution >= 0.6 is 27.7 Å². The zero-order valence-electron chi connectivity index (χ0n) is 10.3. The molecule has 1 N–H and O–H groups in total. The molecule has 0 amide bonds. The first-order valence-electron chi connectivity index (χ1n) is 5.83. The Kier molecular flexibility index (Phi) is 7.16. The Hall–Kier alpha value is -0.0600. The van der Waals surface area contributed by atoms with Crippen molar-refractivity contribution in [3.05, 3.63) is 34.1 Å². The average molecular weight is 320 g/mol.